The third-order valence-corrected chi connectivity index (χ3v) is 8.37. The molecule has 11 heteroatoms. The zero-order chi connectivity index (χ0) is 28.3. The molecule has 4 rings (SSSR count). The Morgan fingerprint density at radius 2 is 1.67 bits per heavy atom. The standard InChI is InChI=1S/C28H25Cl2FN4O3S/c1-18-4-9-24(10-5-18)34(39(37,38)25-11-7-23(31)8-12-25)17-28(36)33-32-16-21-14-19(2)35(20(21)3)27-15-22(29)6-13-26(27)30/h4-16H,17H2,1-3H3,(H,33,36)/b32-16-. The summed E-state index contributed by atoms with van der Waals surface area (Å²) < 4.78 is 43.1. The van der Waals surface area contributed by atoms with E-state index in [9.17, 15) is 17.6 Å². The van der Waals surface area contributed by atoms with Crippen LogP contribution >= 0.6 is 23.2 Å². The maximum Gasteiger partial charge on any atom is 0.264 e. The number of aromatic nitrogens is 1. The number of hydrogen-bond acceptors (Lipinski definition) is 4. The van der Waals surface area contributed by atoms with Gasteiger partial charge < -0.3 is 4.57 Å². The first-order valence-corrected chi connectivity index (χ1v) is 14.0. The van der Waals surface area contributed by atoms with E-state index in [-0.39, 0.29) is 10.6 Å². The van der Waals surface area contributed by atoms with Gasteiger partial charge in [-0.3, -0.25) is 9.10 Å². The highest BCUT2D eigenvalue weighted by Gasteiger charge is 2.27. The fourth-order valence-electron chi connectivity index (χ4n) is 4.05. The molecule has 0 radical (unpaired) electrons. The Labute approximate surface area is 236 Å². The van der Waals surface area contributed by atoms with Gasteiger partial charge in [0.1, 0.15) is 12.4 Å². The second-order valence-electron chi connectivity index (χ2n) is 8.85. The minimum atomic E-state index is -4.18. The van der Waals surface area contributed by atoms with Gasteiger partial charge in [-0.2, -0.15) is 5.10 Å². The van der Waals surface area contributed by atoms with E-state index in [0.717, 1.165) is 51.1 Å². The lowest BCUT2D eigenvalue weighted by Crippen LogP contribution is -2.39. The molecule has 0 bridgehead atoms. The highest BCUT2D eigenvalue weighted by Crippen LogP contribution is 2.29. The van der Waals surface area contributed by atoms with Crippen LogP contribution in [0.25, 0.3) is 5.69 Å². The zero-order valence-corrected chi connectivity index (χ0v) is 23.6. The van der Waals surface area contributed by atoms with Gasteiger partial charge in [-0.15, -0.1) is 0 Å². The summed E-state index contributed by atoms with van der Waals surface area (Å²) in [5.74, 6) is -1.23. The van der Waals surface area contributed by atoms with E-state index in [0.29, 0.717) is 15.7 Å². The molecule has 1 amide bonds. The largest absolute Gasteiger partial charge is 0.316 e. The Balaban J connectivity index is 1.56. The van der Waals surface area contributed by atoms with Crippen LogP contribution in [0.1, 0.15) is 22.5 Å². The number of anilines is 1. The number of aryl methyl sites for hydroxylation is 2. The number of sulfonamides is 1. The molecular formula is C28H25Cl2FN4O3S. The Hall–Kier alpha value is -3.66. The van der Waals surface area contributed by atoms with Crippen molar-refractivity contribution in [1.29, 1.82) is 0 Å². The van der Waals surface area contributed by atoms with Gasteiger partial charge in [0.05, 0.1) is 27.5 Å². The monoisotopic (exact) mass is 586 g/mol. The molecule has 0 aliphatic heterocycles. The number of nitrogens with one attached hydrogen (secondary N) is 1. The number of hydrazone groups is 1. The van der Waals surface area contributed by atoms with Gasteiger partial charge in [0.2, 0.25) is 0 Å². The van der Waals surface area contributed by atoms with Crippen LogP contribution in [0.4, 0.5) is 10.1 Å². The fraction of sp³-hybridized carbons (Fsp3) is 0.143. The smallest absolute Gasteiger partial charge is 0.264 e. The number of benzene rings is 3. The van der Waals surface area contributed by atoms with Crippen molar-refractivity contribution in [2.45, 2.75) is 25.7 Å². The molecule has 0 spiro atoms. The first-order valence-electron chi connectivity index (χ1n) is 11.8. The first-order chi connectivity index (χ1) is 18.5. The van der Waals surface area contributed by atoms with Gasteiger partial charge in [0.25, 0.3) is 15.9 Å². The topological polar surface area (TPSA) is 83.8 Å². The summed E-state index contributed by atoms with van der Waals surface area (Å²) in [6.45, 7) is 5.10. The summed E-state index contributed by atoms with van der Waals surface area (Å²) in [6, 6.07) is 18.1. The number of nitrogens with zero attached hydrogens (tertiary/aromatic N) is 3. The molecule has 39 heavy (non-hydrogen) atoms. The van der Waals surface area contributed by atoms with Crippen LogP contribution in [0.3, 0.4) is 0 Å². The Kier molecular flexibility index (Phi) is 8.44. The average Bonchev–Trinajstić information content (AvgIpc) is 3.17. The van der Waals surface area contributed by atoms with Crippen molar-refractivity contribution in [2.75, 3.05) is 10.8 Å². The molecule has 7 nitrogen and oxygen atoms in total. The van der Waals surface area contributed by atoms with E-state index in [2.05, 4.69) is 10.5 Å². The lowest BCUT2D eigenvalue weighted by molar-refractivity contribution is -0.119. The predicted octanol–water partition coefficient (Wildman–Crippen LogP) is 6.19. The summed E-state index contributed by atoms with van der Waals surface area (Å²) in [5, 5.41) is 5.11. The number of hydrogen-bond donors (Lipinski definition) is 1. The van der Waals surface area contributed by atoms with E-state index in [4.69, 9.17) is 23.2 Å². The number of carbonyl (C=O) groups excluding carboxylic acids is 1. The van der Waals surface area contributed by atoms with Crippen LogP contribution < -0.4 is 9.73 Å². The molecule has 1 heterocycles. The van der Waals surface area contributed by atoms with Crippen molar-refractivity contribution < 1.29 is 17.6 Å². The summed E-state index contributed by atoms with van der Waals surface area (Å²) in [7, 11) is -4.18. The predicted molar refractivity (Wildman–Crippen MR) is 153 cm³/mol. The molecule has 0 aliphatic carbocycles. The minimum absolute atomic E-state index is 0.145. The Morgan fingerprint density at radius 3 is 2.33 bits per heavy atom. The van der Waals surface area contributed by atoms with Crippen LogP contribution in [0, 0.1) is 26.6 Å². The van der Waals surface area contributed by atoms with E-state index in [1.165, 1.54) is 6.21 Å². The molecule has 0 saturated carbocycles. The van der Waals surface area contributed by atoms with Crippen molar-refractivity contribution in [1.82, 2.24) is 9.99 Å². The molecule has 0 saturated heterocycles. The van der Waals surface area contributed by atoms with Gasteiger partial charge >= 0.3 is 0 Å². The number of halogens is 3. The second-order valence-corrected chi connectivity index (χ2v) is 11.6. The second kappa shape index (κ2) is 11.6. The molecule has 3 aromatic carbocycles. The number of carbonyl (C=O) groups is 1. The number of rotatable bonds is 8. The van der Waals surface area contributed by atoms with Crippen molar-refractivity contribution in [3.63, 3.8) is 0 Å². The van der Waals surface area contributed by atoms with Crippen LogP contribution in [-0.2, 0) is 14.8 Å². The van der Waals surface area contributed by atoms with Crippen LogP contribution in [-0.4, -0.2) is 31.7 Å². The molecule has 0 fully saturated rings. The highest BCUT2D eigenvalue weighted by atomic mass is 35.5. The van der Waals surface area contributed by atoms with Crippen LogP contribution in [0.5, 0.6) is 0 Å². The van der Waals surface area contributed by atoms with Crippen LogP contribution in [0.15, 0.2) is 82.8 Å². The van der Waals surface area contributed by atoms with Crippen molar-refractivity contribution in [3.05, 3.63) is 111 Å². The third kappa shape index (κ3) is 6.33. The molecule has 0 atom stereocenters. The number of amides is 1. The van der Waals surface area contributed by atoms with Gasteiger partial charge in [-0.1, -0.05) is 40.9 Å². The van der Waals surface area contributed by atoms with Crippen molar-refractivity contribution in [2.24, 2.45) is 5.10 Å². The molecule has 0 unspecified atom stereocenters. The third-order valence-electron chi connectivity index (χ3n) is 6.02. The van der Waals surface area contributed by atoms with Gasteiger partial charge in [0, 0.05) is 22.0 Å². The average molecular weight is 588 g/mol. The zero-order valence-electron chi connectivity index (χ0n) is 21.3. The molecule has 4 aromatic rings. The summed E-state index contributed by atoms with van der Waals surface area (Å²) in [4.78, 5) is 12.7. The summed E-state index contributed by atoms with van der Waals surface area (Å²) >= 11 is 12.5. The van der Waals surface area contributed by atoms with Crippen molar-refractivity contribution in [3.8, 4) is 5.69 Å². The summed E-state index contributed by atoms with van der Waals surface area (Å²) in [5.41, 5.74) is 6.72. The quantitative estimate of drug-likeness (QED) is 0.197. The maximum absolute atomic E-state index is 13.4. The van der Waals surface area contributed by atoms with E-state index >= 15 is 0 Å². The molecular weight excluding hydrogens is 562 g/mol. The van der Waals surface area contributed by atoms with E-state index in [1.807, 2.05) is 31.4 Å². The molecule has 202 valence electrons. The molecule has 1 aromatic heterocycles. The van der Waals surface area contributed by atoms with Crippen molar-refractivity contribution >= 4 is 51.0 Å². The van der Waals surface area contributed by atoms with Gasteiger partial charge in [0.15, 0.2) is 0 Å². The maximum atomic E-state index is 13.4. The van der Waals surface area contributed by atoms with Gasteiger partial charge in [-0.25, -0.2) is 18.2 Å². The normalized spacial score (nSPS) is 11.6. The lowest BCUT2D eigenvalue weighted by Gasteiger charge is -2.23. The fourth-order valence-corrected chi connectivity index (χ4v) is 5.84. The lowest BCUT2D eigenvalue weighted by atomic mass is 10.2. The SMILES string of the molecule is Cc1ccc(N(CC(=O)N/N=C\c2cc(C)n(-c3cc(Cl)ccc3Cl)c2C)S(=O)(=O)c2ccc(F)cc2)cc1. The molecule has 1 N–H and O–H groups in total. The summed E-state index contributed by atoms with van der Waals surface area (Å²) in [6.07, 6.45) is 1.47. The highest BCUT2D eigenvalue weighted by molar-refractivity contribution is 7.92. The van der Waals surface area contributed by atoms with E-state index < -0.39 is 28.3 Å². The Morgan fingerprint density at radius 1 is 1.00 bits per heavy atom. The van der Waals surface area contributed by atoms with Crippen LogP contribution in [0.2, 0.25) is 10.0 Å². The molecule has 0 aliphatic rings. The van der Waals surface area contributed by atoms with E-state index in [1.54, 1.807) is 42.5 Å². The Bertz CT molecular complexity index is 1650. The van der Waals surface area contributed by atoms with Gasteiger partial charge in [-0.05, 0) is 81.4 Å². The minimum Gasteiger partial charge on any atom is -0.316 e. The first kappa shape index (κ1) is 28.4.